The molecule has 5 heteroatoms. The lowest BCUT2D eigenvalue weighted by molar-refractivity contribution is 0.114. The number of anilines is 2. The van der Waals surface area contributed by atoms with Gasteiger partial charge >= 0.3 is 0 Å². The van der Waals surface area contributed by atoms with Crippen molar-refractivity contribution in [2.75, 3.05) is 36.0 Å². The largest absolute Gasteiger partial charge is 0.491 e. The Morgan fingerprint density at radius 3 is 2.61 bits per heavy atom. The van der Waals surface area contributed by atoms with E-state index in [0.29, 0.717) is 6.54 Å². The first kappa shape index (κ1) is 14.1. The van der Waals surface area contributed by atoms with E-state index in [9.17, 15) is 5.11 Å². The zero-order valence-electron chi connectivity index (χ0n) is 12.8. The molecular formula is C18H19N3O2. The first-order valence-electron chi connectivity index (χ1n) is 7.87. The van der Waals surface area contributed by atoms with Gasteiger partial charge in [0.15, 0.2) is 0 Å². The predicted molar refractivity (Wildman–Crippen MR) is 91.4 cm³/mol. The van der Waals surface area contributed by atoms with Gasteiger partial charge in [-0.15, -0.1) is 0 Å². The Kier molecular flexibility index (Phi) is 3.63. The number of β-amino-alcohol motifs (C(OH)–C–C–N with tert-alkyl or cyclic N) is 1. The highest BCUT2D eigenvalue weighted by molar-refractivity contribution is 6.17. The molecule has 0 bridgehead atoms. The molecule has 2 aromatic rings. The summed E-state index contributed by atoms with van der Waals surface area (Å²) in [7, 11) is 0. The monoisotopic (exact) mass is 309 g/mol. The van der Waals surface area contributed by atoms with Crippen molar-refractivity contribution in [3.8, 4) is 5.75 Å². The van der Waals surface area contributed by atoms with Crippen molar-refractivity contribution in [1.29, 1.82) is 0 Å². The summed E-state index contributed by atoms with van der Waals surface area (Å²) in [5.41, 5.74) is 2.27. The number of benzene rings is 2. The van der Waals surface area contributed by atoms with E-state index in [4.69, 9.17) is 4.74 Å². The number of hydrogen-bond donors (Lipinski definition) is 1. The van der Waals surface area contributed by atoms with Gasteiger partial charge in [-0.3, -0.25) is 4.99 Å². The maximum atomic E-state index is 10.4. The van der Waals surface area contributed by atoms with Crippen LogP contribution in [0.1, 0.15) is 0 Å². The van der Waals surface area contributed by atoms with E-state index in [2.05, 4.69) is 26.9 Å². The number of aliphatic hydroxyl groups excluding tert-OH is 1. The van der Waals surface area contributed by atoms with E-state index < -0.39 is 6.10 Å². The van der Waals surface area contributed by atoms with E-state index in [0.717, 1.165) is 30.5 Å². The molecule has 0 aromatic heterocycles. The fraction of sp³-hybridized carbons (Fsp3) is 0.278. The highest BCUT2D eigenvalue weighted by atomic mass is 16.5. The van der Waals surface area contributed by atoms with Gasteiger partial charge in [-0.05, 0) is 24.3 Å². The van der Waals surface area contributed by atoms with Crippen molar-refractivity contribution >= 4 is 17.3 Å². The van der Waals surface area contributed by atoms with Gasteiger partial charge in [0.05, 0.1) is 24.5 Å². The van der Waals surface area contributed by atoms with E-state index in [1.165, 1.54) is 5.69 Å². The minimum Gasteiger partial charge on any atom is -0.491 e. The summed E-state index contributed by atoms with van der Waals surface area (Å²) in [5.74, 6) is 1.71. The number of aliphatic imine (C=N–C) groups is 1. The summed E-state index contributed by atoms with van der Waals surface area (Å²) in [6.07, 6.45) is -0.591. The van der Waals surface area contributed by atoms with Crippen LogP contribution in [0.25, 0.3) is 0 Å². The number of guanidine groups is 1. The fourth-order valence-electron chi connectivity index (χ4n) is 3.08. The van der Waals surface area contributed by atoms with E-state index >= 15 is 0 Å². The minimum atomic E-state index is -0.591. The molecule has 0 saturated carbocycles. The zero-order valence-corrected chi connectivity index (χ0v) is 12.8. The number of nitrogens with zero attached hydrogens (tertiary/aromatic N) is 3. The summed E-state index contributed by atoms with van der Waals surface area (Å²) in [6, 6.07) is 17.8. The molecule has 4 rings (SSSR count). The summed E-state index contributed by atoms with van der Waals surface area (Å²) in [4.78, 5) is 8.87. The summed E-state index contributed by atoms with van der Waals surface area (Å²) < 4.78 is 5.65. The lowest BCUT2D eigenvalue weighted by Crippen LogP contribution is -2.41. The van der Waals surface area contributed by atoms with Crippen molar-refractivity contribution in [3.05, 3.63) is 54.6 Å². The van der Waals surface area contributed by atoms with Gasteiger partial charge in [0.25, 0.3) is 0 Å². The topological polar surface area (TPSA) is 48.3 Å². The van der Waals surface area contributed by atoms with Crippen LogP contribution in [-0.4, -0.2) is 43.4 Å². The zero-order chi connectivity index (χ0) is 15.6. The molecule has 2 aromatic carbocycles. The van der Waals surface area contributed by atoms with Crippen LogP contribution in [0.4, 0.5) is 11.4 Å². The third kappa shape index (κ3) is 2.64. The van der Waals surface area contributed by atoms with Crippen molar-refractivity contribution in [2.24, 2.45) is 4.99 Å². The number of para-hydroxylation sites is 3. The van der Waals surface area contributed by atoms with Crippen LogP contribution < -0.4 is 14.5 Å². The Morgan fingerprint density at radius 1 is 1.04 bits per heavy atom. The highest BCUT2D eigenvalue weighted by Gasteiger charge is 2.35. The van der Waals surface area contributed by atoms with Gasteiger partial charge in [-0.1, -0.05) is 30.3 Å². The Morgan fingerprint density at radius 2 is 1.78 bits per heavy atom. The first-order valence-corrected chi connectivity index (χ1v) is 7.87. The molecule has 2 heterocycles. The Balaban J connectivity index is 1.46. The average molecular weight is 309 g/mol. The van der Waals surface area contributed by atoms with Crippen LogP contribution in [0.2, 0.25) is 0 Å². The molecule has 2 aliphatic heterocycles. The SMILES string of the molecule is O[C@H](COc1ccccc1)CN1C2=NCCN2c2ccccc21. The molecule has 1 N–H and O–H groups in total. The molecular weight excluding hydrogens is 290 g/mol. The van der Waals surface area contributed by atoms with Crippen LogP contribution in [0.5, 0.6) is 5.75 Å². The molecule has 1 atom stereocenters. The van der Waals surface area contributed by atoms with Crippen LogP contribution in [0, 0.1) is 0 Å². The van der Waals surface area contributed by atoms with E-state index in [1.54, 1.807) is 0 Å². The molecule has 2 aliphatic rings. The van der Waals surface area contributed by atoms with Gasteiger partial charge in [0.1, 0.15) is 18.5 Å². The van der Waals surface area contributed by atoms with Crippen LogP contribution in [0.15, 0.2) is 59.6 Å². The maximum Gasteiger partial charge on any atom is 0.206 e. The fourth-order valence-corrected chi connectivity index (χ4v) is 3.08. The molecule has 0 spiro atoms. The lowest BCUT2D eigenvalue weighted by atomic mass is 10.2. The molecule has 0 amide bonds. The standard InChI is InChI=1S/C18H19N3O2/c22-14(13-23-15-6-2-1-3-7-15)12-21-17-9-5-4-8-16(17)20-11-10-19-18(20)21/h1-9,14,22H,10-13H2/t14-/m0/s1. The molecule has 0 radical (unpaired) electrons. The van der Waals surface area contributed by atoms with Gasteiger partial charge in [0.2, 0.25) is 5.96 Å². The highest BCUT2D eigenvalue weighted by Crippen LogP contribution is 2.38. The van der Waals surface area contributed by atoms with Crippen LogP contribution >= 0.6 is 0 Å². The van der Waals surface area contributed by atoms with Crippen molar-refractivity contribution < 1.29 is 9.84 Å². The number of ether oxygens (including phenoxy) is 1. The maximum absolute atomic E-state index is 10.4. The Bertz CT molecular complexity index is 717. The molecule has 118 valence electrons. The Labute approximate surface area is 135 Å². The lowest BCUT2D eigenvalue weighted by Gasteiger charge is -2.22. The smallest absolute Gasteiger partial charge is 0.206 e. The second kappa shape index (κ2) is 5.93. The number of fused-ring (bicyclic) bond motifs is 3. The molecule has 5 nitrogen and oxygen atoms in total. The van der Waals surface area contributed by atoms with Crippen molar-refractivity contribution in [2.45, 2.75) is 6.10 Å². The number of rotatable bonds is 5. The van der Waals surface area contributed by atoms with Gasteiger partial charge < -0.3 is 19.6 Å². The average Bonchev–Trinajstić information content (AvgIpc) is 3.17. The molecule has 0 saturated heterocycles. The normalized spacial score (nSPS) is 16.8. The Hall–Kier alpha value is -2.53. The quantitative estimate of drug-likeness (QED) is 0.919. The summed E-state index contributed by atoms with van der Waals surface area (Å²) in [5, 5.41) is 10.4. The van der Waals surface area contributed by atoms with Crippen molar-refractivity contribution in [3.63, 3.8) is 0 Å². The third-order valence-corrected chi connectivity index (χ3v) is 4.10. The predicted octanol–water partition coefficient (Wildman–Crippen LogP) is 2.12. The second-order valence-electron chi connectivity index (χ2n) is 5.71. The summed E-state index contributed by atoms with van der Waals surface area (Å²) >= 11 is 0. The molecule has 23 heavy (non-hydrogen) atoms. The van der Waals surface area contributed by atoms with E-state index in [-0.39, 0.29) is 6.61 Å². The molecule has 0 aliphatic carbocycles. The number of aliphatic hydroxyl groups is 1. The van der Waals surface area contributed by atoms with Gasteiger partial charge in [-0.2, -0.15) is 0 Å². The third-order valence-electron chi connectivity index (χ3n) is 4.10. The second-order valence-corrected chi connectivity index (χ2v) is 5.71. The molecule has 0 fully saturated rings. The minimum absolute atomic E-state index is 0.260. The first-order chi connectivity index (χ1) is 11.3. The van der Waals surface area contributed by atoms with Gasteiger partial charge in [-0.25, -0.2) is 0 Å². The van der Waals surface area contributed by atoms with Crippen LogP contribution in [0.3, 0.4) is 0 Å². The van der Waals surface area contributed by atoms with Crippen molar-refractivity contribution in [1.82, 2.24) is 0 Å². The van der Waals surface area contributed by atoms with Crippen LogP contribution in [-0.2, 0) is 0 Å². The number of hydrogen-bond acceptors (Lipinski definition) is 5. The van der Waals surface area contributed by atoms with E-state index in [1.807, 2.05) is 42.5 Å². The molecule has 0 unspecified atom stereocenters. The van der Waals surface area contributed by atoms with Gasteiger partial charge in [0, 0.05) is 6.54 Å². The summed E-state index contributed by atoms with van der Waals surface area (Å²) in [6.45, 7) is 2.44.